The highest BCUT2D eigenvalue weighted by Crippen LogP contribution is 2.23. The standard InChI is InChI=1S/C13H21N3O4/c1-11(4-6-14-10-12(17)15-18)16(3)7-5-13(2)19-8-9-20-13/h4,6,10,18H,1,5,7-9H2,2-3H3,(H,15,17)/b6-4-,14-10?. The number of carbonyl (C=O) groups excluding carboxylic acids is 1. The van der Waals surface area contributed by atoms with Gasteiger partial charge in [-0.2, -0.15) is 0 Å². The summed E-state index contributed by atoms with van der Waals surface area (Å²) in [6, 6.07) is 0. The maximum Gasteiger partial charge on any atom is 0.285 e. The van der Waals surface area contributed by atoms with Gasteiger partial charge in [0.1, 0.15) is 0 Å². The van der Waals surface area contributed by atoms with Gasteiger partial charge >= 0.3 is 0 Å². The van der Waals surface area contributed by atoms with Crippen LogP contribution in [-0.4, -0.2) is 54.8 Å². The van der Waals surface area contributed by atoms with Crippen molar-refractivity contribution in [2.45, 2.75) is 19.1 Å². The number of rotatable bonds is 7. The van der Waals surface area contributed by atoms with Crippen LogP contribution in [0, 0.1) is 0 Å². The van der Waals surface area contributed by atoms with Gasteiger partial charge in [-0.15, -0.1) is 0 Å². The second kappa shape index (κ2) is 7.78. The topological polar surface area (TPSA) is 83.4 Å². The molecule has 0 bridgehead atoms. The lowest BCUT2D eigenvalue weighted by Crippen LogP contribution is -2.31. The quantitative estimate of drug-likeness (QED) is 0.311. The monoisotopic (exact) mass is 283 g/mol. The molecule has 0 spiro atoms. The van der Waals surface area contributed by atoms with Crippen LogP contribution in [0.2, 0.25) is 0 Å². The molecular formula is C13H21N3O4. The highest BCUT2D eigenvalue weighted by Gasteiger charge is 2.30. The summed E-state index contributed by atoms with van der Waals surface area (Å²) in [5.41, 5.74) is 2.19. The number of likely N-dealkylation sites (N-methyl/N-ethyl adjacent to an activating group) is 1. The summed E-state index contributed by atoms with van der Waals surface area (Å²) in [6.45, 7) is 7.79. The van der Waals surface area contributed by atoms with Crippen LogP contribution in [0.4, 0.5) is 0 Å². The summed E-state index contributed by atoms with van der Waals surface area (Å²) in [4.78, 5) is 16.3. The van der Waals surface area contributed by atoms with E-state index in [9.17, 15) is 4.79 Å². The molecule has 0 aromatic rings. The molecule has 2 N–H and O–H groups in total. The maximum absolute atomic E-state index is 10.7. The van der Waals surface area contributed by atoms with Gasteiger partial charge in [0.05, 0.1) is 19.4 Å². The van der Waals surface area contributed by atoms with Crippen molar-refractivity contribution in [2.24, 2.45) is 4.99 Å². The fraction of sp³-hybridized carbons (Fsp3) is 0.538. The van der Waals surface area contributed by atoms with E-state index in [0.29, 0.717) is 13.2 Å². The average Bonchev–Trinajstić information content (AvgIpc) is 2.87. The van der Waals surface area contributed by atoms with Crippen LogP contribution in [0.25, 0.3) is 0 Å². The van der Waals surface area contributed by atoms with Gasteiger partial charge in [-0.3, -0.25) is 15.0 Å². The van der Waals surface area contributed by atoms with Crippen molar-refractivity contribution in [1.29, 1.82) is 0 Å². The third kappa shape index (κ3) is 5.52. The van der Waals surface area contributed by atoms with Gasteiger partial charge in [0.2, 0.25) is 0 Å². The van der Waals surface area contributed by atoms with Crippen LogP contribution in [0.3, 0.4) is 0 Å². The Labute approximate surface area is 118 Å². The average molecular weight is 283 g/mol. The van der Waals surface area contributed by atoms with Crippen molar-refractivity contribution in [3.8, 4) is 0 Å². The molecule has 0 aromatic carbocycles. The molecule has 20 heavy (non-hydrogen) atoms. The molecule has 1 saturated heterocycles. The number of amides is 1. The zero-order valence-corrected chi connectivity index (χ0v) is 11.8. The minimum absolute atomic E-state index is 0.518. The molecular weight excluding hydrogens is 262 g/mol. The highest BCUT2D eigenvalue weighted by molar-refractivity contribution is 6.25. The van der Waals surface area contributed by atoms with Crippen molar-refractivity contribution in [1.82, 2.24) is 10.4 Å². The van der Waals surface area contributed by atoms with Crippen LogP contribution < -0.4 is 5.48 Å². The van der Waals surface area contributed by atoms with E-state index in [2.05, 4.69) is 11.6 Å². The van der Waals surface area contributed by atoms with Crippen molar-refractivity contribution in [2.75, 3.05) is 26.8 Å². The van der Waals surface area contributed by atoms with E-state index in [1.165, 1.54) is 11.7 Å². The molecule has 1 amide bonds. The van der Waals surface area contributed by atoms with E-state index >= 15 is 0 Å². The van der Waals surface area contributed by atoms with E-state index in [1.807, 2.05) is 18.9 Å². The third-order valence-corrected chi connectivity index (χ3v) is 2.94. The molecule has 0 radical (unpaired) electrons. The Kier molecular flexibility index (Phi) is 6.37. The molecule has 0 saturated carbocycles. The fourth-order valence-electron chi connectivity index (χ4n) is 1.61. The lowest BCUT2D eigenvalue weighted by Gasteiger charge is -2.26. The Morgan fingerprint density at radius 3 is 2.80 bits per heavy atom. The van der Waals surface area contributed by atoms with Crippen LogP contribution in [0.1, 0.15) is 13.3 Å². The van der Waals surface area contributed by atoms with E-state index in [4.69, 9.17) is 14.7 Å². The number of ether oxygens (including phenoxy) is 2. The normalized spacial score (nSPS) is 17.8. The van der Waals surface area contributed by atoms with Gasteiger partial charge in [-0.1, -0.05) is 6.58 Å². The van der Waals surface area contributed by atoms with Crippen molar-refractivity contribution < 1.29 is 19.5 Å². The summed E-state index contributed by atoms with van der Waals surface area (Å²) in [7, 11) is 1.90. The molecule has 1 fully saturated rings. The third-order valence-electron chi connectivity index (χ3n) is 2.94. The molecule has 7 heteroatoms. The second-order valence-corrected chi connectivity index (χ2v) is 4.56. The molecule has 0 atom stereocenters. The number of carbonyl (C=O) groups is 1. The predicted molar refractivity (Wildman–Crippen MR) is 74.3 cm³/mol. The van der Waals surface area contributed by atoms with Gasteiger partial charge in [0.25, 0.3) is 5.91 Å². The Bertz CT molecular complexity index is 400. The molecule has 7 nitrogen and oxygen atoms in total. The minimum atomic E-state index is -0.683. The Morgan fingerprint density at radius 1 is 1.55 bits per heavy atom. The Hall–Kier alpha value is -1.70. The molecule has 1 aliphatic heterocycles. The SMILES string of the molecule is C=C(/C=C\N=CC(=O)NO)N(C)CCC1(C)OCCO1. The zero-order valence-electron chi connectivity index (χ0n) is 11.8. The summed E-state index contributed by atoms with van der Waals surface area (Å²) in [5.74, 6) is -1.20. The van der Waals surface area contributed by atoms with Gasteiger partial charge in [-0.25, -0.2) is 5.48 Å². The number of nitrogens with zero attached hydrogens (tertiary/aromatic N) is 2. The predicted octanol–water partition coefficient (Wildman–Crippen LogP) is 0.675. The molecule has 112 valence electrons. The molecule has 0 aromatic heterocycles. The van der Waals surface area contributed by atoms with Crippen molar-refractivity contribution in [3.05, 3.63) is 24.6 Å². The zero-order chi connectivity index (χ0) is 15.0. The molecule has 1 rings (SSSR count). The van der Waals surface area contributed by atoms with E-state index in [1.54, 1.807) is 6.08 Å². The van der Waals surface area contributed by atoms with Crippen molar-refractivity contribution >= 4 is 12.1 Å². The van der Waals surface area contributed by atoms with Gasteiger partial charge in [0, 0.05) is 31.9 Å². The lowest BCUT2D eigenvalue weighted by molar-refractivity contribution is -0.148. The molecule has 0 aliphatic carbocycles. The Balaban J connectivity index is 2.33. The first kappa shape index (κ1) is 16.4. The van der Waals surface area contributed by atoms with E-state index < -0.39 is 11.7 Å². The van der Waals surface area contributed by atoms with Crippen LogP contribution >= 0.6 is 0 Å². The fourth-order valence-corrected chi connectivity index (χ4v) is 1.61. The van der Waals surface area contributed by atoms with Gasteiger partial charge in [-0.05, 0) is 13.0 Å². The van der Waals surface area contributed by atoms with Crippen molar-refractivity contribution in [3.63, 3.8) is 0 Å². The van der Waals surface area contributed by atoms with Gasteiger partial charge < -0.3 is 14.4 Å². The van der Waals surface area contributed by atoms with Crippen LogP contribution in [0.15, 0.2) is 29.5 Å². The van der Waals surface area contributed by atoms with Crippen LogP contribution in [-0.2, 0) is 14.3 Å². The van der Waals surface area contributed by atoms with Crippen LogP contribution in [0.5, 0.6) is 0 Å². The largest absolute Gasteiger partial charge is 0.375 e. The number of hydrogen-bond donors (Lipinski definition) is 2. The second-order valence-electron chi connectivity index (χ2n) is 4.56. The van der Waals surface area contributed by atoms with E-state index in [-0.39, 0.29) is 0 Å². The molecule has 1 heterocycles. The number of hydroxylamine groups is 1. The Morgan fingerprint density at radius 2 is 2.20 bits per heavy atom. The first-order valence-corrected chi connectivity index (χ1v) is 6.28. The number of nitrogens with one attached hydrogen (secondary N) is 1. The summed E-state index contributed by atoms with van der Waals surface area (Å²) >= 11 is 0. The first-order chi connectivity index (χ1) is 9.47. The maximum atomic E-state index is 10.7. The highest BCUT2D eigenvalue weighted by atomic mass is 16.7. The summed E-state index contributed by atoms with van der Waals surface area (Å²) in [5, 5.41) is 8.27. The first-order valence-electron chi connectivity index (χ1n) is 6.28. The molecule has 0 unspecified atom stereocenters. The summed E-state index contributed by atoms with van der Waals surface area (Å²) < 4.78 is 11.0. The van der Waals surface area contributed by atoms with Gasteiger partial charge in [0.15, 0.2) is 5.79 Å². The summed E-state index contributed by atoms with van der Waals surface area (Å²) in [6.07, 6.45) is 4.79. The minimum Gasteiger partial charge on any atom is -0.375 e. The number of aliphatic imine (C=N–C) groups is 1. The van der Waals surface area contributed by atoms with E-state index in [0.717, 1.165) is 24.9 Å². The smallest absolute Gasteiger partial charge is 0.285 e. The molecule has 1 aliphatic rings. The number of allylic oxidation sites excluding steroid dienone is 1. The number of hydrogen-bond acceptors (Lipinski definition) is 6. The lowest BCUT2D eigenvalue weighted by atomic mass is 10.2.